The minimum Gasteiger partial charge on any atom is -0.378 e. The molecule has 3 amide bonds. The van der Waals surface area contributed by atoms with Crippen molar-refractivity contribution in [3.63, 3.8) is 0 Å². The van der Waals surface area contributed by atoms with Crippen molar-refractivity contribution in [3.05, 3.63) is 160 Å². The third-order valence-electron chi connectivity index (χ3n) is 8.23. The van der Waals surface area contributed by atoms with E-state index in [2.05, 4.69) is 16.0 Å². The van der Waals surface area contributed by atoms with Gasteiger partial charge in [-0.1, -0.05) is 72.8 Å². The third-order valence-corrected chi connectivity index (χ3v) is 9.33. The molecule has 254 valence electrons. The van der Waals surface area contributed by atoms with Crippen molar-refractivity contribution in [1.29, 1.82) is 0 Å². The average molecular weight is 695 g/mol. The monoisotopic (exact) mass is 694 g/mol. The molecule has 0 fully saturated rings. The molecule has 9 nitrogen and oxygen atoms in total. The summed E-state index contributed by atoms with van der Waals surface area (Å²) in [5.74, 6) is -1.91. The molecule has 0 aliphatic heterocycles. The van der Waals surface area contributed by atoms with Crippen molar-refractivity contribution in [2.24, 2.45) is 0 Å². The smallest absolute Gasteiger partial charge is 0.272 e. The van der Waals surface area contributed by atoms with E-state index >= 15 is 0 Å². The van der Waals surface area contributed by atoms with Crippen LogP contribution in [0.25, 0.3) is 6.08 Å². The van der Waals surface area contributed by atoms with Crippen molar-refractivity contribution >= 4 is 64.2 Å². The van der Waals surface area contributed by atoms with Crippen LogP contribution in [-0.4, -0.2) is 48.6 Å². The standard InChI is InChI=1S/C41H34N4O5S/c1-25(39(48)43-34-18-10-17-33-36(34)38(47)32-16-8-7-15-31(32)37(33)46)51-30-14-9-13-28(24-30)42-41(50)35(44-40(49)27-11-5-4-6-12-27)23-26-19-21-29(22-20-26)45(2)3/h4-25H,1-3H3,(H,42,50)(H,43,48)(H,44,49)/b35-23+. The summed E-state index contributed by atoms with van der Waals surface area (Å²) in [5, 5.41) is 7.86. The molecule has 10 heteroatoms. The van der Waals surface area contributed by atoms with Gasteiger partial charge in [-0.2, -0.15) is 0 Å². The molecule has 5 aromatic rings. The normalized spacial score (nSPS) is 12.6. The van der Waals surface area contributed by atoms with Crippen LogP contribution in [0.2, 0.25) is 0 Å². The van der Waals surface area contributed by atoms with Gasteiger partial charge in [-0.3, -0.25) is 24.0 Å². The molecule has 1 unspecified atom stereocenters. The Bertz CT molecular complexity index is 2200. The highest BCUT2D eigenvalue weighted by Gasteiger charge is 2.32. The SMILES string of the molecule is CC(Sc1cccc(NC(=O)/C(=C\c2ccc(N(C)C)cc2)NC(=O)c2ccccc2)c1)C(=O)Nc1cccc2c1C(=O)c1ccccc1C2=O. The number of carbonyl (C=O) groups is 5. The summed E-state index contributed by atoms with van der Waals surface area (Å²) < 4.78 is 0. The molecular weight excluding hydrogens is 661 g/mol. The summed E-state index contributed by atoms with van der Waals surface area (Å²) >= 11 is 1.26. The first-order valence-electron chi connectivity index (χ1n) is 16.1. The molecule has 1 aliphatic carbocycles. The molecule has 6 rings (SSSR count). The van der Waals surface area contributed by atoms with E-state index in [0.717, 1.165) is 11.3 Å². The van der Waals surface area contributed by atoms with E-state index < -0.39 is 17.1 Å². The van der Waals surface area contributed by atoms with E-state index in [1.807, 2.05) is 49.3 Å². The maximum absolute atomic E-state index is 13.6. The molecule has 0 aromatic heterocycles. The fourth-order valence-electron chi connectivity index (χ4n) is 5.56. The predicted molar refractivity (Wildman–Crippen MR) is 201 cm³/mol. The van der Waals surface area contributed by atoms with Crippen molar-refractivity contribution in [2.75, 3.05) is 29.6 Å². The fourth-order valence-corrected chi connectivity index (χ4v) is 6.49. The maximum atomic E-state index is 13.6. The zero-order chi connectivity index (χ0) is 36.1. The maximum Gasteiger partial charge on any atom is 0.272 e. The van der Waals surface area contributed by atoms with Gasteiger partial charge in [-0.05, 0) is 67.1 Å². The number of hydrogen-bond donors (Lipinski definition) is 3. The van der Waals surface area contributed by atoms with Crippen LogP contribution >= 0.6 is 11.8 Å². The van der Waals surface area contributed by atoms with Crippen molar-refractivity contribution in [3.8, 4) is 0 Å². The molecule has 51 heavy (non-hydrogen) atoms. The summed E-state index contributed by atoms with van der Waals surface area (Å²) in [6, 6.07) is 34.7. The van der Waals surface area contributed by atoms with Gasteiger partial charge in [-0.25, -0.2) is 0 Å². The summed E-state index contributed by atoms with van der Waals surface area (Å²) in [5.41, 5.74) is 3.96. The van der Waals surface area contributed by atoms with E-state index in [1.165, 1.54) is 11.8 Å². The van der Waals surface area contributed by atoms with Gasteiger partial charge in [0.05, 0.1) is 16.5 Å². The van der Waals surface area contributed by atoms with Gasteiger partial charge in [0.15, 0.2) is 11.6 Å². The highest BCUT2D eigenvalue weighted by molar-refractivity contribution is 8.00. The lowest BCUT2D eigenvalue weighted by Gasteiger charge is -2.21. The second kappa shape index (κ2) is 15.1. The van der Waals surface area contributed by atoms with Gasteiger partial charge in [-0.15, -0.1) is 11.8 Å². The second-order valence-electron chi connectivity index (χ2n) is 12.0. The van der Waals surface area contributed by atoms with Crippen LogP contribution in [0.5, 0.6) is 0 Å². The Morgan fingerprint density at radius 3 is 2.06 bits per heavy atom. The minimum atomic E-state index is -0.612. The van der Waals surface area contributed by atoms with Crippen LogP contribution in [0, 0.1) is 0 Å². The summed E-state index contributed by atoms with van der Waals surface area (Å²) in [6.07, 6.45) is 1.61. The van der Waals surface area contributed by atoms with E-state index in [1.54, 1.807) is 104 Å². The first kappa shape index (κ1) is 34.6. The first-order chi connectivity index (χ1) is 24.6. The lowest BCUT2D eigenvalue weighted by molar-refractivity contribution is -0.115. The lowest BCUT2D eigenvalue weighted by atomic mass is 9.83. The number of nitrogens with zero attached hydrogens (tertiary/aromatic N) is 1. The number of anilines is 3. The van der Waals surface area contributed by atoms with E-state index in [9.17, 15) is 24.0 Å². The van der Waals surface area contributed by atoms with Gasteiger partial charge < -0.3 is 20.9 Å². The predicted octanol–water partition coefficient (Wildman–Crippen LogP) is 7.06. The number of fused-ring (bicyclic) bond motifs is 2. The molecule has 0 radical (unpaired) electrons. The minimum absolute atomic E-state index is 0.0501. The van der Waals surface area contributed by atoms with Crippen LogP contribution in [-0.2, 0) is 9.59 Å². The number of hydrogen-bond acceptors (Lipinski definition) is 7. The van der Waals surface area contributed by atoms with Crippen molar-refractivity contribution in [2.45, 2.75) is 17.1 Å². The molecule has 0 heterocycles. The molecule has 0 bridgehead atoms. The quantitative estimate of drug-likeness (QED) is 0.104. The van der Waals surface area contributed by atoms with Gasteiger partial charge in [0, 0.05) is 52.6 Å². The second-order valence-corrected chi connectivity index (χ2v) is 13.4. The van der Waals surface area contributed by atoms with E-state index in [0.29, 0.717) is 27.3 Å². The zero-order valence-corrected chi connectivity index (χ0v) is 28.9. The number of ketones is 2. The molecule has 1 atom stereocenters. The van der Waals surface area contributed by atoms with Gasteiger partial charge in [0.25, 0.3) is 11.8 Å². The number of thioether (sulfide) groups is 1. The van der Waals surface area contributed by atoms with Crippen LogP contribution in [0.3, 0.4) is 0 Å². The third kappa shape index (κ3) is 7.82. The zero-order valence-electron chi connectivity index (χ0n) is 28.1. The average Bonchev–Trinajstić information content (AvgIpc) is 3.14. The number of benzene rings is 5. The Morgan fingerprint density at radius 2 is 1.35 bits per heavy atom. The summed E-state index contributed by atoms with van der Waals surface area (Å²) in [4.78, 5) is 69.3. The number of carbonyl (C=O) groups excluding carboxylic acids is 5. The number of amides is 3. The number of nitrogens with one attached hydrogen (secondary N) is 3. The van der Waals surface area contributed by atoms with Gasteiger partial charge in [0.1, 0.15) is 5.70 Å². The molecule has 0 saturated heterocycles. The lowest BCUT2D eigenvalue weighted by Crippen LogP contribution is -2.30. The van der Waals surface area contributed by atoms with Crippen molar-refractivity contribution < 1.29 is 24.0 Å². The Hall–Kier alpha value is -6.26. The summed E-state index contributed by atoms with van der Waals surface area (Å²) in [7, 11) is 3.87. The Labute approximate surface area is 299 Å². The van der Waals surface area contributed by atoms with Crippen LogP contribution < -0.4 is 20.9 Å². The van der Waals surface area contributed by atoms with Gasteiger partial charge in [0.2, 0.25) is 5.91 Å². The topological polar surface area (TPSA) is 125 Å². The van der Waals surface area contributed by atoms with Gasteiger partial charge >= 0.3 is 0 Å². The highest BCUT2D eigenvalue weighted by Crippen LogP contribution is 2.33. The van der Waals surface area contributed by atoms with Crippen LogP contribution in [0.4, 0.5) is 17.1 Å². The highest BCUT2D eigenvalue weighted by atomic mass is 32.2. The Kier molecular flexibility index (Phi) is 10.2. The Balaban J connectivity index is 1.17. The van der Waals surface area contributed by atoms with Crippen LogP contribution in [0.15, 0.2) is 132 Å². The molecule has 0 saturated carbocycles. The molecular formula is C41H34N4O5S. The fraction of sp³-hybridized carbons (Fsp3) is 0.0976. The summed E-state index contributed by atoms with van der Waals surface area (Å²) in [6.45, 7) is 1.73. The largest absolute Gasteiger partial charge is 0.378 e. The number of rotatable bonds is 10. The van der Waals surface area contributed by atoms with E-state index in [4.69, 9.17) is 0 Å². The Morgan fingerprint density at radius 1 is 0.706 bits per heavy atom. The molecule has 0 spiro atoms. The molecule has 3 N–H and O–H groups in total. The first-order valence-corrected chi connectivity index (χ1v) is 17.0. The molecule has 1 aliphatic rings. The van der Waals surface area contributed by atoms with E-state index in [-0.39, 0.29) is 40.0 Å². The molecule has 5 aromatic carbocycles. The van der Waals surface area contributed by atoms with Crippen LogP contribution in [0.1, 0.15) is 54.7 Å². The van der Waals surface area contributed by atoms with Crippen molar-refractivity contribution in [1.82, 2.24) is 5.32 Å².